The van der Waals surface area contributed by atoms with Crippen LogP contribution in [0.3, 0.4) is 0 Å². The smallest absolute Gasteiger partial charge is 0.259 e. The number of ether oxygens (including phenoxy) is 2. The quantitative estimate of drug-likeness (QED) is 0.496. The maximum atomic E-state index is 11.5. The molecule has 0 spiro atoms. The molecule has 0 saturated heterocycles. The van der Waals surface area contributed by atoms with Crippen LogP contribution in [-0.4, -0.2) is 49.5 Å². The van der Waals surface area contributed by atoms with Gasteiger partial charge in [-0.1, -0.05) is 5.16 Å². The van der Waals surface area contributed by atoms with Crippen molar-refractivity contribution in [2.75, 3.05) is 27.8 Å². The summed E-state index contributed by atoms with van der Waals surface area (Å²) in [4.78, 5) is 12.9. The first-order chi connectivity index (χ1) is 8.99. The van der Waals surface area contributed by atoms with Gasteiger partial charge in [0.2, 0.25) is 0 Å². The van der Waals surface area contributed by atoms with Crippen molar-refractivity contribution in [3.8, 4) is 11.5 Å². The molecule has 0 bridgehead atoms. The predicted molar refractivity (Wildman–Crippen MR) is 71.2 cm³/mol. The molecule has 0 aliphatic carbocycles. The first-order valence-corrected chi connectivity index (χ1v) is 5.69. The van der Waals surface area contributed by atoms with E-state index in [4.69, 9.17) is 14.7 Å². The van der Waals surface area contributed by atoms with Gasteiger partial charge in [-0.2, -0.15) is 0 Å². The van der Waals surface area contributed by atoms with Crippen molar-refractivity contribution < 1.29 is 19.5 Å². The van der Waals surface area contributed by atoms with Gasteiger partial charge in [-0.15, -0.1) is 0 Å². The molecular formula is C13H18N2O4. The molecule has 19 heavy (non-hydrogen) atoms. The number of methoxy groups -OCH3 is 1. The van der Waals surface area contributed by atoms with Crippen molar-refractivity contribution in [2.24, 2.45) is 5.16 Å². The van der Waals surface area contributed by atoms with Crippen molar-refractivity contribution in [3.05, 3.63) is 23.8 Å². The van der Waals surface area contributed by atoms with E-state index in [-0.39, 0.29) is 12.5 Å². The summed E-state index contributed by atoms with van der Waals surface area (Å²) in [5.41, 5.74) is 1.00. The van der Waals surface area contributed by atoms with E-state index in [1.165, 1.54) is 12.0 Å². The molecule has 0 fully saturated rings. The maximum Gasteiger partial charge on any atom is 0.259 e. The van der Waals surface area contributed by atoms with Crippen molar-refractivity contribution in [3.63, 3.8) is 0 Å². The highest BCUT2D eigenvalue weighted by Gasteiger charge is 2.12. The Morgan fingerprint density at radius 1 is 1.42 bits per heavy atom. The van der Waals surface area contributed by atoms with Crippen LogP contribution in [0.2, 0.25) is 0 Å². The maximum absolute atomic E-state index is 11.5. The Bertz CT molecular complexity index is 484. The topological polar surface area (TPSA) is 71.4 Å². The minimum Gasteiger partial charge on any atom is -0.497 e. The summed E-state index contributed by atoms with van der Waals surface area (Å²) in [6.07, 6.45) is 0. The molecule has 0 saturated carbocycles. The molecule has 0 radical (unpaired) electrons. The second-order valence-corrected chi connectivity index (χ2v) is 4.12. The standard InChI is InChI=1S/C13H18N2O4/c1-9(14-17)11-6-5-10(18-4)7-12(11)19-8-13(16)15(2)3/h5-7,17H,8H2,1-4H3/b14-9+. The van der Waals surface area contributed by atoms with Crippen molar-refractivity contribution in [1.82, 2.24) is 4.90 Å². The molecule has 0 aromatic heterocycles. The lowest BCUT2D eigenvalue weighted by atomic mass is 10.1. The number of carbonyl (C=O) groups is 1. The second kappa shape index (κ2) is 6.63. The van der Waals surface area contributed by atoms with Gasteiger partial charge in [-0.25, -0.2) is 0 Å². The normalized spacial score (nSPS) is 11.1. The van der Waals surface area contributed by atoms with Gasteiger partial charge in [0, 0.05) is 25.7 Å². The number of hydrogen-bond acceptors (Lipinski definition) is 5. The fourth-order valence-corrected chi connectivity index (χ4v) is 1.37. The lowest BCUT2D eigenvalue weighted by Crippen LogP contribution is -2.27. The Hall–Kier alpha value is -2.24. The number of amides is 1. The third-order valence-electron chi connectivity index (χ3n) is 2.58. The van der Waals surface area contributed by atoms with Crippen molar-refractivity contribution in [2.45, 2.75) is 6.92 Å². The first kappa shape index (κ1) is 14.8. The molecule has 0 aliphatic rings. The molecule has 1 aromatic carbocycles. The van der Waals surface area contributed by atoms with Gasteiger partial charge in [-0.05, 0) is 19.1 Å². The molecule has 0 atom stereocenters. The number of nitrogens with zero attached hydrogens (tertiary/aromatic N) is 2. The molecule has 0 heterocycles. The Morgan fingerprint density at radius 3 is 2.63 bits per heavy atom. The van der Waals surface area contributed by atoms with E-state index in [0.29, 0.717) is 22.8 Å². The molecule has 1 rings (SSSR count). The van der Waals surface area contributed by atoms with E-state index in [1.54, 1.807) is 39.2 Å². The fraction of sp³-hybridized carbons (Fsp3) is 0.385. The average molecular weight is 266 g/mol. The number of likely N-dealkylation sites (N-methyl/N-ethyl adjacent to an activating group) is 1. The van der Waals surface area contributed by atoms with Crippen LogP contribution in [0.4, 0.5) is 0 Å². The Balaban J connectivity index is 2.98. The monoisotopic (exact) mass is 266 g/mol. The van der Waals surface area contributed by atoms with Crippen LogP contribution >= 0.6 is 0 Å². The van der Waals surface area contributed by atoms with Crippen molar-refractivity contribution in [1.29, 1.82) is 0 Å². The minimum absolute atomic E-state index is 0.0914. The van der Waals surface area contributed by atoms with E-state index in [2.05, 4.69) is 5.16 Å². The largest absolute Gasteiger partial charge is 0.497 e. The Kier molecular flexibility index (Phi) is 5.17. The summed E-state index contributed by atoms with van der Waals surface area (Å²) < 4.78 is 10.6. The summed E-state index contributed by atoms with van der Waals surface area (Å²) >= 11 is 0. The Morgan fingerprint density at radius 2 is 2.11 bits per heavy atom. The van der Waals surface area contributed by atoms with Crippen LogP contribution in [-0.2, 0) is 4.79 Å². The van der Waals surface area contributed by atoms with Crippen molar-refractivity contribution >= 4 is 11.6 Å². The highest BCUT2D eigenvalue weighted by molar-refractivity contribution is 6.01. The van der Waals surface area contributed by atoms with Gasteiger partial charge in [-0.3, -0.25) is 4.79 Å². The number of oxime groups is 1. The van der Waals surface area contributed by atoms with E-state index < -0.39 is 0 Å². The van der Waals surface area contributed by atoms with Crippen LogP contribution in [0.25, 0.3) is 0 Å². The second-order valence-electron chi connectivity index (χ2n) is 4.12. The predicted octanol–water partition coefficient (Wildman–Crippen LogP) is 1.36. The molecule has 6 heteroatoms. The molecule has 104 valence electrons. The molecule has 1 aromatic rings. The third kappa shape index (κ3) is 3.87. The van der Waals surface area contributed by atoms with Gasteiger partial charge in [0.25, 0.3) is 5.91 Å². The van der Waals surface area contributed by atoms with Gasteiger partial charge >= 0.3 is 0 Å². The first-order valence-electron chi connectivity index (χ1n) is 5.69. The Labute approximate surface area is 112 Å². The van der Waals surface area contributed by atoms with Gasteiger partial charge in [0.1, 0.15) is 11.5 Å². The van der Waals surface area contributed by atoms with Crippen LogP contribution in [0.15, 0.2) is 23.4 Å². The van der Waals surface area contributed by atoms with E-state index in [9.17, 15) is 4.79 Å². The van der Waals surface area contributed by atoms with Crippen LogP contribution in [0.5, 0.6) is 11.5 Å². The zero-order chi connectivity index (χ0) is 14.4. The number of rotatable bonds is 5. The molecule has 1 N–H and O–H groups in total. The van der Waals surface area contributed by atoms with E-state index >= 15 is 0 Å². The lowest BCUT2D eigenvalue weighted by Gasteiger charge is -2.14. The number of benzene rings is 1. The van der Waals surface area contributed by atoms with Gasteiger partial charge < -0.3 is 19.6 Å². The number of hydrogen-bond donors (Lipinski definition) is 1. The SMILES string of the molecule is COc1ccc(/C(C)=N/O)c(OCC(=O)N(C)C)c1. The average Bonchev–Trinajstić information content (AvgIpc) is 2.43. The summed E-state index contributed by atoms with van der Waals surface area (Å²) in [6, 6.07) is 5.08. The molecule has 0 unspecified atom stereocenters. The molecule has 1 amide bonds. The highest BCUT2D eigenvalue weighted by Crippen LogP contribution is 2.25. The third-order valence-corrected chi connectivity index (χ3v) is 2.58. The molecule has 6 nitrogen and oxygen atoms in total. The minimum atomic E-state index is -0.160. The molecular weight excluding hydrogens is 248 g/mol. The van der Waals surface area contributed by atoms with E-state index in [0.717, 1.165) is 0 Å². The van der Waals surface area contributed by atoms with Gasteiger partial charge in [0.05, 0.1) is 12.8 Å². The zero-order valence-corrected chi connectivity index (χ0v) is 11.5. The molecule has 0 aliphatic heterocycles. The van der Waals surface area contributed by atoms with Crippen LogP contribution in [0, 0.1) is 0 Å². The summed E-state index contributed by atoms with van der Waals surface area (Å²) in [7, 11) is 4.84. The highest BCUT2D eigenvalue weighted by atomic mass is 16.5. The van der Waals surface area contributed by atoms with Crippen LogP contribution < -0.4 is 9.47 Å². The summed E-state index contributed by atoms with van der Waals surface area (Å²) in [5, 5.41) is 12.0. The van der Waals surface area contributed by atoms with Gasteiger partial charge in [0.15, 0.2) is 6.61 Å². The fourth-order valence-electron chi connectivity index (χ4n) is 1.37. The zero-order valence-electron chi connectivity index (χ0n) is 11.5. The van der Waals surface area contributed by atoms with Crippen LogP contribution in [0.1, 0.15) is 12.5 Å². The summed E-state index contributed by atoms with van der Waals surface area (Å²) in [6.45, 7) is 1.55. The van der Waals surface area contributed by atoms with E-state index in [1.807, 2.05) is 0 Å². The lowest BCUT2D eigenvalue weighted by molar-refractivity contribution is -0.130. The summed E-state index contributed by atoms with van der Waals surface area (Å²) in [5.74, 6) is 0.874. The number of carbonyl (C=O) groups excluding carboxylic acids is 1.